The van der Waals surface area contributed by atoms with Crippen LogP contribution in [-0.4, -0.2) is 109 Å². The van der Waals surface area contributed by atoms with E-state index < -0.39 is 71.0 Å². The van der Waals surface area contributed by atoms with Crippen molar-refractivity contribution in [3.8, 4) is 23.0 Å². The summed E-state index contributed by atoms with van der Waals surface area (Å²) in [6.45, 7) is 4.90. The van der Waals surface area contributed by atoms with Crippen molar-refractivity contribution < 1.29 is 71.1 Å². The molecule has 2 aliphatic heterocycles. The monoisotopic (exact) mass is 916 g/mol. The van der Waals surface area contributed by atoms with Gasteiger partial charge >= 0.3 is 11.9 Å². The molecule has 3 atom stereocenters. The number of carbonyl (C=O) groups excluding carboxylic acids is 6. The van der Waals surface area contributed by atoms with Gasteiger partial charge in [0.2, 0.25) is 23.6 Å². The summed E-state index contributed by atoms with van der Waals surface area (Å²) < 4.78 is 59.4. The van der Waals surface area contributed by atoms with Crippen molar-refractivity contribution in [2.45, 2.75) is 97.4 Å². The summed E-state index contributed by atoms with van der Waals surface area (Å²) in [5.74, 6) is -6.43. The maximum atomic E-state index is 15.9. The van der Waals surface area contributed by atoms with Crippen molar-refractivity contribution in [1.82, 2.24) is 15.1 Å². The Morgan fingerprint density at radius 1 is 0.922 bits per heavy atom. The molecule has 0 radical (unpaired) electrons. The first kappa shape index (κ1) is 49.1. The van der Waals surface area contributed by atoms with E-state index in [1.54, 1.807) is 6.07 Å². The normalized spacial score (nSPS) is 15.6. The number of amides is 4. The maximum Gasteiger partial charge on any atom is 0.306 e. The van der Waals surface area contributed by atoms with Crippen LogP contribution in [-0.2, 0) is 46.6 Å². The number of imide groups is 1. The number of carbonyl (C=O) groups is 7. The molecule has 348 valence electrons. The Morgan fingerprint density at radius 2 is 1.58 bits per heavy atom. The standard InChI is InChI=1S/C44H54F2N4O13S/c1-6-24(7-2)26-17-36(53)50(44(26)58)29(19-47)43(57)48-20-23(3)63-38(56)12-9-30(51)34-16-27-33(64-34)18-32(60-5)42(39(27)45)62-14-8-13-61-41-31(59-4)15-25-21-49(22-28(25)40(41)46)35(52)10-11-37(54)55/h15-16,18,23-24,26,29H,6-14,17,19-22,47H2,1-5H3,(H,48,57)(H,54,55)/t23-,26?,29-/m0/s1. The number of hydrogen-bond donors (Lipinski definition) is 3. The largest absolute Gasteiger partial charge is 0.493 e. The van der Waals surface area contributed by atoms with Crippen molar-refractivity contribution in [3.05, 3.63) is 45.8 Å². The lowest BCUT2D eigenvalue weighted by atomic mass is 9.86. The van der Waals surface area contributed by atoms with Gasteiger partial charge in [-0.2, -0.15) is 0 Å². The van der Waals surface area contributed by atoms with Gasteiger partial charge in [0, 0.05) is 67.0 Å². The number of nitrogens with one attached hydrogen (secondary N) is 1. The van der Waals surface area contributed by atoms with Gasteiger partial charge in [-0.15, -0.1) is 11.3 Å². The zero-order valence-electron chi connectivity index (χ0n) is 36.4. The van der Waals surface area contributed by atoms with Crippen molar-refractivity contribution in [1.29, 1.82) is 0 Å². The number of nitrogens with zero attached hydrogens (tertiary/aromatic N) is 2. The summed E-state index contributed by atoms with van der Waals surface area (Å²) >= 11 is 1.00. The van der Waals surface area contributed by atoms with Crippen LogP contribution in [0.1, 0.15) is 92.9 Å². The Labute approximate surface area is 372 Å². The van der Waals surface area contributed by atoms with Crippen LogP contribution >= 0.6 is 11.3 Å². The molecule has 0 aliphatic carbocycles. The Morgan fingerprint density at radius 3 is 2.20 bits per heavy atom. The average molecular weight is 917 g/mol. The molecule has 17 nitrogen and oxygen atoms in total. The lowest BCUT2D eigenvalue weighted by Crippen LogP contribution is -2.54. The lowest BCUT2D eigenvalue weighted by Gasteiger charge is -2.26. The van der Waals surface area contributed by atoms with E-state index in [1.807, 2.05) is 13.8 Å². The highest BCUT2D eigenvalue weighted by Gasteiger charge is 2.46. The molecule has 4 amide bonds. The molecule has 4 N–H and O–H groups in total. The molecule has 0 saturated carbocycles. The Kier molecular flexibility index (Phi) is 17.0. The summed E-state index contributed by atoms with van der Waals surface area (Å²) in [4.78, 5) is 90.5. The lowest BCUT2D eigenvalue weighted by molar-refractivity contribution is -0.149. The van der Waals surface area contributed by atoms with Crippen molar-refractivity contribution in [3.63, 3.8) is 0 Å². The minimum Gasteiger partial charge on any atom is -0.493 e. The van der Waals surface area contributed by atoms with E-state index in [9.17, 15) is 33.6 Å². The van der Waals surface area contributed by atoms with Crippen LogP contribution in [0, 0.1) is 23.5 Å². The zero-order chi connectivity index (χ0) is 46.8. The third-order valence-electron chi connectivity index (χ3n) is 11.3. The summed E-state index contributed by atoms with van der Waals surface area (Å²) in [5.41, 5.74) is 6.57. The molecule has 0 spiro atoms. The molecule has 2 aliphatic rings. The van der Waals surface area contributed by atoms with E-state index in [4.69, 9.17) is 34.5 Å². The van der Waals surface area contributed by atoms with Crippen molar-refractivity contribution in [2.75, 3.05) is 40.5 Å². The van der Waals surface area contributed by atoms with E-state index in [0.29, 0.717) is 23.1 Å². The minimum absolute atomic E-state index is 0.0109. The number of ether oxygens (including phenoxy) is 5. The van der Waals surface area contributed by atoms with Crippen LogP contribution < -0.4 is 30.0 Å². The predicted octanol–water partition coefficient (Wildman–Crippen LogP) is 4.90. The number of thiophene rings is 1. The molecule has 1 saturated heterocycles. The van der Waals surface area contributed by atoms with Gasteiger partial charge in [0.15, 0.2) is 40.4 Å². The minimum atomic E-state index is -1.21. The van der Waals surface area contributed by atoms with Gasteiger partial charge in [-0.1, -0.05) is 26.7 Å². The first-order valence-corrected chi connectivity index (χ1v) is 21.9. The van der Waals surface area contributed by atoms with Gasteiger partial charge in [-0.3, -0.25) is 38.5 Å². The van der Waals surface area contributed by atoms with Crippen LogP contribution in [0.5, 0.6) is 23.0 Å². The number of nitrogens with two attached hydrogens (primary N) is 1. The van der Waals surface area contributed by atoms with E-state index in [-0.39, 0.29) is 123 Å². The van der Waals surface area contributed by atoms with Gasteiger partial charge in [0.05, 0.1) is 57.6 Å². The van der Waals surface area contributed by atoms with Crippen molar-refractivity contribution >= 4 is 62.8 Å². The highest BCUT2D eigenvalue weighted by molar-refractivity contribution is 7.20. The summed E-state index contributed by atoms with van der Waals surface area (Å²) in [6.07, 6.45) is -0.312. The Bertz CT molecular complexity index is 2270. The van der Waals surface area contributed by atoms with Crippen LogP contribution in [0.4, 0.5) is 8.78 Å². The van der Waals surface area contributed by atoms with Crippen molar-refractivity contribution in [2.24, 2.45) is 17.6 Å². The fourth-order valence-electron chi connectivity index (χ4n) is 7.81. The smallest absolute Gasteiger partial charge is 0.306 e. The predicted molar refractivity (Wildman–Crippen MR) is 227 cm³/mol. The second-order valence-electron chi connectivity index (χ2n) is 15.5. The summed E-state index contributed by atoms with van der Waals surface area (Å²) in [7, 11) is 2.67. The van der Waals surface area contributed by atoms with Gasteiger partial charge in [0.1, 0.15) is 12.1 Å². The molecule has 1 unspecified atom stereocenters. The summed E-state index contributed by atoms with van der Waals surface area (Å²) in [6, 6.07) is 3.24. The number of esters is 1. The number of Topliss-reactive ketones (excluding diaryl/α,β-unsaturated/α-hetero) is 1. The number of methoxy groups -OCH3 is 2. The van der Waals surface area contributed by atoms with Gasteiger partial charge in [-0.25, -0.2) is 8.78 Å². The molecule has 1 fully saturated rings. The second kappa shape index (κ2) is 22.1. The van der Waals surface area contributed by atoms with Crippen LogP contribution in [0.3, 0.4) is 0 Å². The molecular formula is C44H54F2N4O13S. The molecule has 2 aromatic carbocycles. The highest BCUT2D eigenvalue weighted by atomic mass is 32.1. The van der Waals surface area contributed by atoms with E-state index in [2.05, 4.69) is 5.32 Å². The van der Waals surface area contributed by atoms with Crippen LogP contribution in [0.15, 0.2) is 18.2 Å². The first-order chi connectivity index (χ1) is 30.6. The van der Waals surface area contributed by atoms with Gasteiger partial charge in [-0.05, 0) is 30.5 Å². The van der Waals surface area contributed by atoms with E-state index in [0.717, 1.165) is 16.2 Å². The molecular weight excluding hydrogens is 863 g/mol. The molecule has 3 aromatic rings. The Balaban J connectivity index is 1.10. The second-order valence-corrected chi connectivity index (χ2v) is 16.6. The molecule has 20 heteroatoms. The zero-order valence-corrected chi connectivity index (χ0v) is 37.2. The fraction of sp³-hybridized carbons (Fsp3) is 0.523. The van der Waals surface area contributed by atoms with E-state index >= 15 is 8.78 Å². The topological polar surface area (TPSA) is 230 Å². The number of likely N-dealkylation sites (tertiary alicyclic amines) is 1. The number of carboxylic acid groups (broad SMARTS) is 1. The number of benzene rings is 2. The average Bonchev–Trinajstić information content (AvgIpc) is 3.99. The maximum absolute atomic E-state index is 15.9. The number of rotatable bonds is 24. The number of ketones is 1. The first-order valence-electron chi connectivity index (χ1n) is 21.1. The van der Waals surface area contributed by atoms with Gasteiger partial charge in [0.25, 0.3) is 0 Å². The number of fused-ring (bicyclic) bond motifs is 2. The molecule has 64 heavy (non-hydrogen) atoms. The SMILES string of the molecule is CCC(CC)C1CC(=O)N([C@@H](CN)C(=O)NC[C@H](C)OC(=O)CCC(=O)c2cc3c(F)c(OCCCOc4c(OC)cc5c(c4F)CN(C(=O)CCC(=O)O)C5)c(OC)cc3s2)C1=O. The quantitative estimate of drug-likeness (QED) is 0.0470. The Hall–Kier alpha value is -5.89. The van der Waals surface area contributed by atoms with E-state index in [1.165, 1.54) is 38.2 Å². The number of carboxylic acids is 1. The number of aliphatic carboxylic acids is 1. The van der Waals surface area contributed by atoms with Gasteiger partial charge < -0.3 is 44.7 Å². The molecule has 0 bridgehead atoms. The molecule has 1 aromatic heterocycles. The third-order valence-corrected chi connectivity index (χ3v) is 12.4. The number of halogens is 2. The number of hydrogen-bond acceptors (Lipinski definition) is 14. The third kappa shape index (κ3) is 11.2. The highest BCUT2D eigenvalue weighted by Crippen LogP contribution is 2.41. The van der Waals surface area contributed by atoms with Crippen LogP contribution in [0.25, 0.3) is 10.1 Å². The van der Waals surface area contributed by atoms with Crippen LogP contribution in [0.2, 0.25) is 0 Å². The molecule has 3 heterocycles. The summed E-state index contributed by atoms with van der Waals surface area (Å²) in [5, 5.41) is 11.6. The fourth-order valence-corrected chi connectivity index (χ4v) is 8.86. The molecule has 5 rings (SSSR count).